The summed E-state index contributed by atoms with van der Waals surface area (Å²) in [6.07, 6.45) is 1.60. The molecule has 0 aliphatic rings. The second-order valence-electron chi connectivity index (χ2n) is 2.96. The van der Waals surface area contributed by atoms with E-state index in [0.717, 1.165) is 9.37 Å². The van der Waals surface area contributed by atoms with E-state index < -0.39 is 0 Å². The van der Waals surface area contributed by atoms with E-state index >= 15 is 0 Å². The van der Waals surface area contributed by atoms with Crippen LogP contribution in [0.2, 0.25) is 0 Å². The molecule has 2 aromatic rings. The van der Waals surface area contributed by atoms with Crippen LogP contribution in [0.5, 0.6) is 0 Å². The maximum atomic E-state index is 5.40. The van der Waals surface area contributed by atoms with E-state index in [1.807, 2.05) is 30.3 Å². The molecule has 3 nitrogen and oxygen atoms in total. The number of aromatic nitrogens is 1. The van der Waals surface area contributed by atoms with Crippen molar-refractivity contribution in [2.45, 2.75) is 4.90 Å². The Kier molecular flexibility index (Phi) is 5.14. The van der Waals surface area contributed by atoms with Gasteiger partial charge >= 0.3 is 0 Å². The fraction of sp³-hybridized carbons (Fsp3) is 0. The predicted molar refractivity (Wildman–Crippen MR) is 74.5 cm³/mol. The van der Waals surface area contributed by atoms with Gasteiger partial charge in [0.15, 0.2) is 0 Å². The van der Waals surface area contributed by atoms with Crippen LogP contribution in [0.15, 0.2) is 52.0 Å². The number of hydrogen-bond donors (Lipinski definition) is 3. The van der Waals surface area contributed by atoms with Crippen LogP contribution >= 0.6 is 28.6 Å². The molecule has 0 atom stereocenters. The lowest BCUT2D eigenvalue weighted by atomic mass is 10.4. The zero-order valence-electron chi connectivity index (χ0n) is 8.47. The monoisotopic (exact) mass is 297 g/mol. The molecule has 0 aliphatic heterocycles. The lowest BCUT2D eigenvalue weighted by Crippen LogP contribution is -1.96. The minimum absolute atomic E-state index is 0.373. The standard InChI is InChI=1S/C6H6S.C5H6BrN3/c7-6-4-2-1-3-5-6;6-3-1-4(7)5(8)9-2-3/h1-5,7H;1-2H,7H2,(H2,8,9). The van der Waals surface area contributed by atoms with Crippen molar-refractivity contribution < 1.29 is 0 Å². The lowest BCUT2D eigenvalue weighted by molar-refractivity contribution is 1.32. The van der Waals surface area contributed by atoms with Crippen molar-refractivity contribution in [2.75, 3.05) is 11.5 Å². The molecule has 1 aromatic carbocycles. The fourth-order valence-electron chi connectivity index (χ4n) is 0.894. The van der Waals surface area contributed by atoms with Gasteiger partial charge in [-0.3, -0.25) is 0 Å². The highest BCUT2D eigenvalue weighted by atomic mass is 79.9. The Hall–Kier alpha value is -1.20. The van der Waals surface area contributed by atoms with Crippen LogP contribution < -0.4 is 11.5 Å². The summed E-state index contributed by atoms with van der Waals surface area (Å²) in [5.74, 6) is 0.373. The van der Waals surface area contributed by atoms with Crippen LogP contribution in [-0.4, -0.2) is 4.98 Å². The molecular formula is C11H12BrN3S. The van der Waals surface area contributed by atoms with Gasteiger partial charge < -0.3 is 11.5 Å². The van der Waals surface area contributed by atoms with Crippen LogP contribution in [0.1, 0.15) is 0 Å². The summed E-state index contributed by atoms with van der Waals surface area (Å²) in [6, 6.07) is 11.5. The Balaban J connectivity index is 0.000000165. The summed E-state index contributed by atoms with van der Waals surface area (Å²) in [5, 5.41) is 0. The normalized spacial score (nSPS) is 9.12. The van der Waals surface area contributed by atoms with Gasteiger partial charge in [0.05, 0.1) is 5.69 Å². The van der Waals surface area contributed by atoms with Gasteiger partial charge in [-0.05, 0) is 34.1 Å². The Morgan fingerprint density at radius 1 is 1.12 bits per heavy atom. The lowest BCUT2D eigenvalue weighted by Gasteiger charge is -1.96. The van der Waals surface area contributed by atoms with Gasteiger partial charge in [0, 0.05) is 15.6 Å². The van der Waals surface area contributed by atoms with E-state index in [4.69, 9.17) is 11.5 Å². The van der Waals surface area contributed by atoms with Crippen LogP contribution in [0, 0.1) is 0 Å². The van der Waals surface area contributed by atoms with Crippen LogP contribution in [0.25, 0.3) is 0 Å². The summed E-state index contributed by atoms with van der Waals surface area (Å²) in [4.78, 5) is 4.80. The van der Waals surface area contributed by atoms with Crippen molar-refractivity contribution in [1.82, 2.24) is 4.98 Å². The van der Waals surface area contributed by atoms with Crippen molar-refractivity contribution in [2.24, 2.45) is 0 Å². The van der Waals surface area contributed by atoms with Crippen molar-refractivity contribution in [3.8, 4) is 0 Å². The highest BCUT2D eigenvalue weighted by molar-refractivity contribution is 9.10. The van der Waals surface area contributed by atoms with Crippen LogP contribution in [0.3, 0.4) is 0 Å². The summed E-state index contributed by atoms with van der Waals surface area (Å²) in [7, 11) is 0. The minimum atomic E-state index is 0.373. The second-order valence-corrected chi connectivity index (χ2v) is 4.40. The van der Waals surface area contributed by atoms with Crippen LogP contribution in [-0.2, 0) is 0 Å². The minimum Gasteiger partial charge on any atom is -0.396 e. The molecule has 0 spiro atoms. The van der Waals surface area contributed by atoms with Gasteiger partial charge in [0.25, 0.3) is 0 Å². The first-order valence-electron chi connectivity index (χ1n) is 4.50. The molecule has 0 saturated heterocycles. The second kappa shape index (κ2) is 6.40. The number of benzene rings is 1. The number of thiol groups is 1. The third kappa shape index (κ3) is 4.55. The fourth-order valence-corrected chi connectivity index (χ4v) is 1.41. The third-order valence-electron chi connectivity index (χ3n) is 1.67. The van der Waals surface area contributed by atoms with E-state index in [-0.39, 0.29) is 0 Å². The highest BCUT2D eigenvalue weighted by Gasteiger charge is 1.93. The molecule has 0 aliphatic carbocycles. The number of nitrogens with zero attached hydrogens (tertiary/aromatic N) is 1. The Morgan fingerprint density at radius 3 is 2.12 bits per heavy atom. The average Bonchev–Trinajstić information content (AvgIpc) is 2.26. The number of hydrogen-bond acceptors (Lipinski definition) is 4. The topological polar surface area (TPSA) is 64.9 Å². The van der Waals surface area contributed by atoms with Gasteiger partial charge in [-0.15, -0.1) is 12.6 Å². The quantitative estimate of drug-likeness (QED) is 0.655. The number of nitrogens with two attached hydrogens (primary N) is 2. The van der Waals surface area contributed by atoms with Crippen molar-refractivity contribution in [3.05, 3.63) is 47.1 Å². The smallest absolute Gasteiger partial charge is 0.146 e. The molecule has 0 bridgehead atoms. The highest BCUT2D eigenvalue weighted by Crippen LogP contribution is 2.16. The number of rotatable bonds is 0. The Morgan fingerprint density at radius 2 is 1.75 bits per heavy atom. The number of anilines is 2. The first-order chi connectivity index (χ1) is 7.59. The average molecular weight is 298 g/mol. The molecule has 1 heterocycles. The molecule has 0 fully saturated rings. The SMILES string of the molecule is Nc1cc(Br)cnc1N.Sc1ccccc1. The molecule has 2 rings (SSSR count). The van der Waals surface area contributed by atoms with Crippen molar-refractivity contribution in [3.63, 3.8) is 0 Å². The Labute approximate surface area is 108 Å². The molecule has 4 N–H and O–H groups in total. The van der Waals surface area contributed by atoms with E-state index in [9.17, 15) is 0 Å². The first kappa shape index (κ1) is 12.9. The molecular weight excluding hydrogens is 286 g/mol. The van der Waals surface area contributed by atoms with E-state index in [1.165, 1.54) is 0 Å². The summed E-state index contributed by atoms with van der Waals surface area (Å²) in [5.41, 5.74) is 11.2. The van der Waals surface area contributed by atoms with E-state index in [0.29, 0.717) is 11.5 Å². The van der Waals surface area contributed by atoms with Crippen molar-refractivity contribution in [1.29, 1.82) is 0 Å². The molecule has 16 heavy (non-hydrogen) atoms. The maximum absolute atomic E-state index is 5.40. The molecule has 84 valence electrons. The molecule has 0 unspecified atom stereocenters. The predicted octanol–water partition coefficient (Wildman–Crippen LogP) is 2.98. The van der Waals surface area contributed by atoms with E-state index in [2.05, 4.69) is 33.5 Å². The third-order valence-corrected chi connectivity index (χ3v) is 2.40. The molecule has 5 heteroatoms. The van der Waals surface area contributed by atoms with Crippen molar-refractivity contribution >= 4 is 40.1 Å². The maximum Gasteiger partial charge on any atom is 0.146 e. The summed E-state index contributed by atoms with van der Waals surface area (Å²) in [6.45, 7) is 0. The molecule has 0 radical (unpaired) electrons. The molecule has 0 amide bonds. The number of pyridine rings is 1. The molecule has 1 aromatic heterocycles. The number of halogens is 1. The van der Waals surface area contributed by atoms with E-state index in [1.54, 1.807) is 12.3 Å². The summed E-state index contributed by atoms with van der Waals surface area (Å²) < 4.78 is 0.842. The zero-order valence-corrected chi connectivity index (χ0v) is 10.9. The van der Waals surface area contributed by atoms with Gasteiger partial charge in [0.2, 0.25) is 0 Å². The molecule has 0 saturated carbocycles. The van der Waals surface area contributed by atoms with Gasteiger partial charge in [-0.2, -0.15) is 0 Å². The number of nitrogen functional groups attached to an aromatic ring is 2. The largest absolute Gasteiger partial charge is 0.396 e. The summed E-state index contributed by atoms with van der Waals surface area (Å²) >= 11 is 7.28. The Bertz CT molecular complexity index is 448. The van der Waals surface area contributed by atoms with Gasteiger partial charge in [-0.25, -0.2) is 4.98 Å². The van der Waals surface area contributed by atoms with Crippen LogP contribution in [0.4, 0.5) is 11.5 Å². The first-order valence-corrected chi connectivity index (χ1v) is 5.74. The van der Waals surface area contributed by atoms with Gasteiger partial charge in [-0.1, -0.05) is 18.2 Å². The zero-order chi connectivity index (χ0) is 12.0. The van der Waals surface area contributed by atoms with Gasteiger partial charge in [0.1, 0.15) is 5.82 Å².